The molecule has 1 aliphatic rings. The van der Waals surface area contributed by atoms with Crippen molar-refractivity contribution in [2.24, 2.45) is 0 Å². The Labute approximate surface area is 125 Å². The lowest BCUT2D eigenvalue weighted by Crippen LogP contribution is -1.86. The Morgan fingerprint density at radius 3 is 2.29 bits per heavy atom. The zero-order chi connectivity index (χ0) is 12.1. The molecule has 2 bridgehead atoms. The summed E-state index contributed by atoms with van der Waals surface area (Å²) in [5, 5.41) is 0. The van der Waals surface area contributed by atoms with Crippen LogP contribution in [0.1, 0.15) is 41.0 Å². The van der Waals surface area contributed by atoms with Crippen molar-refractivity contribution in [2.75, 3.05) is 11.5 Å². The third-order valence-corrected chi connectivity index (χ3v) is 7.71. The van der Waals surface area contributed by atoms with Crippen molar-refractivity contribution in [3.8, 4) is 0 Å². The summed E-state index contributed by atoms with van der Waals surface area (Å²) in [7, 11) is 0. The molecule has 0 nitrogen and oxygen atoms in total. The molecule has 0 amide bonds. The van der Waals surface area contributed by atoms with Gasteiger partial charge in [-0.3, -0.25) is 0 Å². The first-order valence-electron chi connectivity index (χ1n) is 6.21. The smallest absolute Gasteiger partial charge is 0.0366 e. The third-order valence-electron chi connectivity index (χ3n) is 3.02. The Kier molecular flexibility index (Phi) is 6.28. The van der Waals surface area contributed by atoms with Gasteiger partial charge in [0.25, 0.3) is 0 Å². The van der Waals surface area contributed by atoms with Gasteiger partial charge in [0.15, 0.2) is 0 Å². The van der Waals surface area contributed by atoms with Gasteiger partial charge >= 0.3 is 0 Å². The molecule has 2 rings (SSSR count). The number of halogens is 1. The summed E-state index contributed by atoms with van der Waals surface area (Å²) in [4.78, 5) is 3.05. The van der Waals surface area contributed by atoms with Crippen LogP contribution in [0.25, 0.3) is 0 Å². The Balaban J connectivity index is 2.07. The first-order valence-corrected chi connectivity index (χ1v) is 10.1. The second kappa shape index (κ2) is 7.46. The number of hydrogen-bond donors (Lipinski definition) is 0. The van der Waals surface area contributed by atoms with E-state index >= 15 is 0 Å². The van der Waals surface area contributed by atoms with Crippen LogP contribution in [0.5, 0.6) is 0 Å². The monoisotopic (exact) mass is 350 g/mol. The maximum Gasteiger partial charge on any atom is 0.0366 e. The Morgan fingerprint density at radius 2 is 1.59 bits per heavy atom. The maximum absolute atomic E-state index is 3.81. The van der Waals surface area contributed by atoms with E-state index in [-0.39, 0.29) is 0 Å². The van der Waals surface area contributed by atoms with E-state index in [0.717, 1.165) is 0 Å². The standard InChI is InChI=1S/C13H19BrS3/c1-10-11-8-15-6-4-2-3-5-7-16-9-12(17-10)13(11)14/h2-9H2,1H3. The van der Waals surface area contributed by atoms with Crippen molar-refractivity contribution < 1.29 is 0 Å². The highest BCUT2D eigenvalue weighted by molar-refractivity contribution is 9.10. The molecule has 0 fully saturated rings. The molecule has 4 heteroatoms. The zero-order valence-electron chi connectivity index (χ0n) is 10.3. The van der Waals surface area contributed by atoms with Gasteiger partial charge in [0.2, 0.25) is 0 Å². The first kappa shape index (κ1) is 14.3. The lowest BCUT2D eigenvalue weighted by molar-refractivity contribution is 0.711. The van der Waals surface area contributed by atoms with Crippen LogP contribution >= 0.6 is 50.8 Å². The van der Waals surface area contributed by atoms with E-state index in [1.54, 1.807) is 10.4 Å². The summed E-state index contributed by atoms with van der Waals surface area (Å²) in [6, 6.07) is 0. The topological polar surface area (TPSA) is 0 Å². The summed E-state index contributed by atoms with van der Waals surface area (Å²) in [6.07, 6.45) is 5.62. The quantitative estimate of drug-likeness (QED) is 0.574. The van der Waals surface area contributed by atoms with Gasteiger partial charge in [0.05, 0.1) is 0 Å². The normalized spacial score (nSPS) is 19.2. The minimum Gasteiger partial charge on any atom is -0.157 e. The highest BCUT2D eigenvalue weighted by Gasteiger charge is 2.13. The molecule has 1 aliphatic heterocycles. The average Bonchev–Trinajstić information content (AvgIpc) is 2.59. The van der Waals surface area contributed by atoms with Crippen LogP contribution in [0.4, 0.5) is 0 Å². The zero-order valence-corrected chi connectivity index (χ0v) is 14.3. The second-order valence-electron chi connectivity index (χ2n) is 4.39. The number of fused-ring (bicyclic) bond motifs is 2. The van der Waals surface area contributed by atoms with E-state index in [0.29, 0.717) is 0 Å². The predicted octanol–water partition coefficient (Wildman–Crippen LogP) is 5.86. The van der Waals surface area contributed by atoms with Gasteiger partial charge in [0, 0.05) is 25.7 Å². The molecule has 0 saturated carbocycles. The molecule has 1 aromatic heterocycles. The third kappa shape index (κ3) is 4.19. The van der Waals surface area contributed by atoms with E-state index in [1.807, 2.05) is 11.3 Å². The van der Waals surface area contributed by atoms with E-state index in [1.165, 1.54) is 58.0 Å². The minimum atomic E-state index is 1.19. The number of thioether (sulfide) groups is 2. The van der Waals surface area contributed by atoms with E-state index in [2.05, 4.69) is 46.4 Å². The lowest BCUT2D eigenvalue weighted by atomic mass is 10.2. The van der Waals surface area contributed by atoms with Crippen LogP contribution in [0.15, 0.2) is 4.47 Å². The number of rotatable bonds is 0. The highest BCUT2D eigenvalue weighted by Crippen LogP contribution is 2.37. The SMILES string of the molecule is Cc1sc2c(Br)c1CSCCCCCCSC2. The number of aryl methyl sites for hydroxylation is 1. The molecule has 0 saturated heterocycles. The largest absolute Gasteiger partial charge is 0.157 e. The van der Waals surface area contributed by atoms with E-state index in [9.17, 15) is 0 Å². The fourth-order valence-corrected chi connectivity index (χ4v) is 6.75. The van der Waals surface area contributed by atoms with Crippen molar-refractivity contribution in [1.82, 2.24) is 0 Å². The molecular formula is C13H19BrS3. The van der Waals surface area contributed by atoms with Crippen molar-refractivity contribution >= 4 is 50.8 Å². The van der Waals surface area contributed by atoms with Gasteiger partial charge in [-0.2, -0.15) is 23.5 Å². The first-order chi connectivity index (χ1) is 8.29. The van der Waals surface area contributed by atoms with Crippen LogP contribution < -0.4 is 0 Å². The van der Waals surface area contributed by atoms with Crippen LogP contribution in [-0.2, 0) is 11.5 Å². The molecule has 0 aromatic carbocycles. The molecule has 0 radical (unpaired) electrons. The van der Waals surface area contributed by atoms with Gasteiger partial charge in [0.1, 0.15) is 0 Å². The summed E-state index contributed by atoms with van der Waals surface area (Å²) in [5.74, 6) is 5.03. The minimum absolute atomic E-state index is 1.19. The molecule has 0 spiro atoms. The number of thiophene rings is 1. The molecular weight excluding hydrogens is 332 g/mol. The highest BCUT2D eigenvalue weighted by atomic mass is 79.9. The second-order valence-corrected chi connectivity index (χ2v) is 8.71. The van der Waals surface area contributed by atoms with Gasteiger partial charge < -0.3 is 0 Å². The van der Waals surface area contributed by atoms with Crippen LogP contribution in [0.3, 0.4) is 0 Å². The number of hydrogen-bond acceptors (Lipinski definition) is 3. The lowest BCUT2D eigenvalue weighted by Gasteiger charge is -2.02. The van der Waals surface area contributed by atoms with Gasteiger partial charge in [-0.05, 0) is 52.8 Å². The van der Waals surface area contributed by atoms with Crippen molar-refractivity contribution in [3.63, 3.8) is 0 Å². The van der Waals surface area contributed by atoms with Gasteiger partial charge in [-0.15, -0.1) is 11.3 Å². The molecule has 0 atom stereocenters. The Bertz CT molecular complexity index is 360. The van der Waals surface area contributed by atoms with Crippen LogP contribution in [0, 0.1) is 6.92 Å². The Morgan fingerprint density at radius 1 is 0.941 bits per heavy atom. The van der Waals surface area contributed by atoms with Gasteiger partial charge in [-0.25, -0.2) is 0 Å². The molecule has 17 heavy (non-hydrogen) atoms. The Hall–Kier alpha value is 0.880. The molecule has 0 unspecified atom stereocenters. The summed E-state index contributed by atoms with van der Waals surface area (Å²) in [6.45, 7) is 2.27. The molecule has 0 N–H and O–H groups in total. The predicted molar refractivity (Wildman–Crippen MR) is 87.5 cm³/mol. The van der Waals surface area contributed by atoms with E-state index < -0.39 is 0 Å². The van der Waals surface area contributed by atoms with Crippen molar-refractivity contribution in [1.29, 1.82) is 0 Å². The van der Waals surface area contributed by atoms with Crippen molar-refractivity contribution in [2.45, 2.75) is 44.1 Å². The van der Waals surface area contributed by atoms with E-state index in [4.69, 9.17) is 0 Å². The maximum atomic E-state index is 3.81. The average molecular weight is 351 g/mol. The van der Waals surface area contributed by atoms with Crippen molar-refractivity contribution in [3.05, 3.63) is 19.8 Å². The molecule has 96 valence electrons. The van der Waals surface area contributed by atoms with Gasteiger partial charge in [-0.1, -0.05) is 12.8 Å². The fraction of sp³-hybridized carbons (Fsp3) is 0.692. The van der Waals surface area contributed by atoms with Crippen LogP contribution in [-0.4, -0.2) is 11.5 Å². The summed E-state index contributed by atoms with van der Waals surface area (Å²) < 4.78 is 1.40. The molecule has 1 aromatic rings. The summed E-state index contributed by atoms with van der Waals surface area (Å²) >= 11 is 9.99. The molecule has 2 heterocycles. The molecule has 0 aliphatic carbocycles. The summed E-state index contributed by atoms with van der Waals surface area (Å²) in [5.41, 5.74) is 1.55. The van der Waals surface area contributed by atoms with Crippen LogP contribution in [0.2, 0.25) is 0 Å². The fourth-order valence-electron chi connectivity index (χ4n) is 1.97.